The Kier molecular flexibility index (Phi) is 6.44. The number of methoxy groups -OCH3 is 1. The SMILES string of the molecule is COc1ccc(/C=C/C(=O)/C=C(/Nc2ccccn2)SC)cc1. The second-order valence-electron chi connectivity index (χ2n) is 4.56. The number of anilines is 1. The van der Waals surface area contributed by atoms with Gasteiger partial charge in [0.1, 0.15) is 11.6 Å². The van der Waals surface area contributed by atoms with Gasteiger partial charge in [0.05, 0.1) is 12.1 Å². The first-order valence-electron chi connectivity index (χ1n) is 7.01. The fourth-order valence-corrected chi connectivity index (χ4v) is 2.22. The standard InChI is InChI=1S/C18H18N2O2S/c1-22-16-10-7-14(8-11-16)6-9-15(21)13-18(23-2)20-17-5-3-4-12-19-17/h3-13H,1-2H3,(H,19,20)/b9-6+,18-13-. The molecule has 0 unspecified atom stereocenters. The van der Waals surface area contributed by atoms with E-state index in [2.05, 4.69) is 10.3 Å². The highest BCUT2D eigenvalue weighted by atomic mass is 32.2. The molecular formula is C18H18N2O2S. The highest BCUT2D eigenvalue weighted by Gasteiger charge is 2.00. The van der Waals surface area contributed by atoms with Crippen molar-refractivity contribution in [3.05, 3.63) is 71.4 Å². The fourth-order valence-electron chi connectivity index (χ4n) is 1.78. The predicted octanol–water partition coefficient (Wildman–Crippen LogP) is 3.99. The van der Waals surface area contributed by atoms with Gasteiger partial charge in [-0.1, -0.05) is 24.3 Å². The Morgan fingerprint density at radius 2 is 2.00 bits per heavy atom. The lowest BCUT2D eigenvalue weighted by molar-refractivity contribution is -0.110. The third kappa shape index (κ3) is 5.64. The van der Waals surface area contributed by atoms with E-state index >= 15 is 0 Å². The van der Waals surface area contributed by atoms with E-state index in [0.29, 0.717) is 5.82 Å². The Labute approximate surface area is 140 Å². The van der Waals surface area contributed by atoms with Crippen LogP contribution in [0.3, 0.4) is 0 Å². The summed E-state index contributed by atoms with van der Waals surface area (Å²) in [7, 11) is 1.62. The maximum absolute atomic E-state index is 12.0. The van der Waals surface area contributed by atoms with Crippen LogP contribution in [0.1, 0.15) is 5.56 Å². The number of aromatic nitrogens is 1. The fraction of sp³-hybridized carbons (Fsp3) is 0.111. The first kappa shape index (κ1) is 16.8. The van der Waals surface area contributed by atoms with Crippen LogP contribution in [0.15, 0.2) is 65.8 Å². The molecule has 23 heavy (non-hydrogen) atoms. The third-order valence-electron chi connectivity index (χ3n) is 2.97. The molecule has 2 aromatic rings. The van der Waals surface area contributed by atoms with Gasteiger partial charge in [-0.2, -0.15) is 0 Å². The van der Waals surface area contributed by atoms with E-state index in [-0.39, 0.29) is 5.78 Å². The van der Waals surface area contributed by atoms with Gasteiger partial charge in [0.15, 0.2) is 5.78 Å². The average molecular weight is 326 g/mol. The van der Waals surface area contributed by atoms with Crippen LogP contribution in [0.2, 0.25) is 0 Å². The summed E-state index contributed by atoms with van der Waals surface area (Å²) in [6.45, 7) is 0. The number of allylic oxidation sites excluding steroid dienone is 2. The van der Waals surface area contributed by atoms with Crippen molar-refractivity contribution in [1.82, 2.24) is 4.98 Å². The van der Waals surface area contributed by atoms with E-state index in [1.165, 1.54) is 17.8 Å². The van der Waals surface area contributed by atoms with Crippen molar-refractivity contribution in [1.29, 1.82) is 0 Å². The van der Waals surface area contributed by atoms with E-state index in [4.69, 9.17) is 4.74 Å². The molecule has 1 heterocycles. The lowest BCUT2D eigenvalue weighted by Gasteiger charge is -2.06. The number of nitrogens with zero attached hydrogens (tertiary/aromatic N) is 1. The zero-order valence-corrected chi connectivity index (χ0v) is 13.8. The summed E-state index contributed by atoms with van der Waals surface area (Å²) in [6.07, 6.45) is 8.47. The molecule has 1 aromatic heterocycles. The number of carbonyl (C=O) groups is 1. The minimum absolute atomic E-state index is 0.0893. The van der Waals surface area contributed by atoms with Crippen molar-refractivity contribution in [2.75, 3.05) is 18.7 Å². The van der Waals surface area contributed by atoms with Crippen molar-refractivity contribution < 1.29 is 9.53 Å². The first-order chi connectivity index (χ1) is 11.2. The summed E-state index contributed by atoms with van der Waals surface area (Å²) in [5.74, 6) is 1.41. The van der Waals surface area contributed by atoms with Gasteiger partial charge in [-0.05, 0) is 42.2 Å². The molecule has 1 aromatic carbocycles. The lowest BCUT2D eigenvalue weighted by Crippen LogP contribution is -2.00. The summed E-state index contributed by atoms with van der Waals surface area (Å²) in [5.41, 5.74) is 0.941. The van der Waals surface area contributed by atoms with Gasteiger partial charge in [0.25, 0.3) is 0 Å². The molecule has 0 bridgehead atoms. The smallest absolute Gasteiger partial charge is 0.181 e. The molecule has 0 spiro atoms. The van der Waals surface area contributed by atoms with Gasteiger partial charge in [-0.15, -0.1) is 11.8 Å². The number of thioether (sulfide) groups is 1. The molecule has 0 radical (unpaired) electrons. The quantitative estimate of drug-likeness (QED) is 0.780. The van der Waals surface area contributed by atoms with Crippen LogP contribution in [-0.2, 0) is 4.79 Å². The van der Waals surface area contributed by atoms with E-state index in [0.717, 1.165) is 16.3 Å². The van der Waals surface area contributed by atoms with Crippen molar-refractivity contribution in [3.8, 4) is 5.75 Å². The second-order valence-corrected chi connectivity index (χ2v) is 5.41. The Morgan fingerprint density at radius 1 is 1.22 bits per heavy atom. The van der Waals surface area contributed by atoms with Gasteiger partial charge >= 0.3 is 0 Å². The summed E-state index contributed by atoms with van der Waals surface area (Å²) in [4.78, 5) is 16.2. The molecule has 0 amide bonds. The lowest BCUT2D eigenvalue weighted by atomic mass is 10.2. The highest BCUT2D eigenvalue weighted by molar-refractivity contribution is 8.02. The maximum atomic E-state index is 12.0. The molecule has 0 atom stereocenters. The van der Waals surface area contributed by atoms with Crippen LogP contribution < -0.4 is 10.1 Å². The molecule has 0 saturated carbocycles. The molecule has 0 fully saturated rings. The molecule has 0 saturated heterocycles. The van der Waals surface area contributed by atoms with Crippen molar-refractivity contribution >= 4 is 29.4 Å². The minimum atomic E-state index is -0.0893. The largest absolute Gasteiger partial charge is 0.497 e. The van der Waals surface area contributed by atoms with Crippen LogP contribution in [0, 0.1) is 0 Å². The maximum Gasteiger partial charge on any atom is 0.181 e. The average Bonchev–Trinajstić information content (AvgIpc) is 2.60. The van der Waals surface area contributed by atoms with Gasteiger partial charge < -0.3 is 10.1 Å². The molecule has 4 nitrogen and oxygen atoms in total. The third-order valence-corrected chi connectivity index (χ3v) is 3.63. The first-order valence-corrected chi connectivity index (χ1v) is 8.23. The summed E-state index contributed by atoms with van der Waals surface area (Å²) in [5, 5.41) is 3.86. The zero-order valence-electron chi connectivity index (χ0n) is 13.0. The van der Waals surface area contributed by atoms with Crippen molar-refractivity contribution in [3.63, 3.8) is 0 Å². The minimum Gasteiger partial charge on any atom is -0.497 e. The van der Waals surface area contributed by atoms with Crippen LogP contribution >= 0.6 is 11.8 Å². The number of ketones is 1. The van der Waals surface area contributed by atoms with Gasteiger partial charge in [0.2, 0.25) is 0 Å². The summed E-state index contributed by atoms with van der Waals surface area (Å²) < 4.78 is 5.10. The van der Waals surface area contributed by atoms with Crippen LogP contribution in [0.5, 0.6) is 5.75 Å². The molecule has 1 N–H and O–H groups in total. The summed E-state index contributed by atoms with van der Waals surface area (Å²) in [6, 6.07) is 13.1. The van der Waals surface area contributed by atoms with E-state index in [9.17, 15) is 4.79 Å². The zero-order chi connectivity index (χ0) is 16.5. The number of ether oxygens (including phenoxy) is 1. The number of benzene rings is 1. The second kappa shape index (κ2) is 8.80. The number of pyridine rings is 1. The molecule has 0 aliphatic carbocycles. The molecule has 0 aliphatic heterocycles. The van der Waals surface area contributed by atoms with Crippen LogP contribution in [0.4, 0.5) is 5.82 Å². The number of nitrogens with one attached hydrogen (secondary N) is 1. The number of hydrogen-bond donors (Lipinski definition) is 1. The topological polar surface area (TPSA) is 51.2 Å². The van der Waals surface area contributed by atoms with Crippen molar-refractivity contribution in [2.45, 2.75) is 0 Å². The Bertz CT molecular complexity index is 695. The van der Waals surface area contributed by atoms with Gasteiger partial charge in [-0.25, -0.2) is 4.98 Å². The van der Waals surface area contributed by atoms with Crippen LogP contribution in [-0.4, -0.2) is 24.1 Å². The van der Waals surface area contributed by atoms with E-state index in [1.54, 1.807) is 25.5 Å². The molecule has 5 heteroatoms. The molecule has 0 aliphatic rings. The van der Waals surface area contributed by atoms with E-state index < -0.39 is 0 Å². The number of carbonyl (C=O) groups excluding carboxylic acids is 1. The van der Waals surface area contributed by atoms with E-state index in [1.807, 2.05) is 48.7 Å². The normalized spacial score (nSPS) is 11.5. The number of hydrogen-bond acceptors (Lipinski definition) is 5. The molecular weight excluding hydrogens is 308 g/mol. The summed E-state index contributed by atoms with van der Waals surface area (Å²) >= 11 is 1.46. The predicted molar refractivity (Wildman–Crippen MR) is 96.5 cm³/mol. The Balaban J connectivity index is 2.01. The highest BCUT2D eigenvalue weighted by Crippen LogP contribution is 2.15. The Hall–Kier alpha value is -2.53. The number of rotatable bonds is 7. The Morgan fingerprint density at radius 3 is 2.61 bits per heavy atom. The van der Waals surface area contributed by atoms with Gasteiger partial charge in [-0.3, -0.25) is 4.79 Å². The van der Waals surface area contributed by atoms with Crippen molar-refractivity contribution in [2.24, 2.45) is 0 Å². The van der Waals surface area contributed by atoms with Gasteiger partial charge in [0, 0.05) is 12.3 Å². The monoisotopic (exact) mass is 326 g/mol. The molecule has 118 valence electrons. The molecule has 2 rings (SSSR count). The van der Waals surface area contributed by atoms with Crippen LogP contribution in [0.25, 0.3) is 6.08 Å².